The predicted molar refractivity (Wildman–Crippen MR) is 123 cm³/mol. The van der Waals surface area contributed by atoms with Crippen LogP contribution < -0.4 is 21.6 Å². The van der Waals surface area contributed by atoms with Gasteiger partial charge in [-0.1, -0.05) is 24.3 Å². The number of H-pyrrole nitrogens is 1. The van der Waals surface area contributed by atoms with E-state index in [0.29, 0.717) is 18.4 Å². The fraction of sp³-hybridized carbons (Fsp3) is 0.375. The highest BCUT2D eigenvalue weighted by Crippen LogP contribution is 2.30. The molecule has 2 amide bonds. The van der Waals surface area contributed by atoms with Gasteiger partial charge in [0, 0.05) is 24.2 Å². The Hall–Kier alpha value is -3.55. The summed E-state index contributed by atoms with van der Waals surface area (Å²) < 4.78 is 1.86. The second-order valence-electron chi connectivity index (χ2n) is 8.64. The van der Waals surface area contributed by atoms with Crippen LogP contribution in [0.5, 0.6) is 0 Å². The van der Waals surface area contributed by atoms with E-state index in [1.165, 1.54) is 0 Å². The highest BCUT2D eigenvalue weighted by Gasteiger charge is 2.27. The quantitative estimate of drug-likeness (QED) is 0.496. The van der Waals surface area contributed by atoms with Crippen molar-refractivity contribution in [2.75, 3.05) is 5.32 Å². The molecule has 0 saturated heterocycles. The number of nitrogens with zero attached hydrogens (tertiary/aromatic N) is 1. The molecule has 1 saturated carbocycles. The number of amides is 2. The first-order valence-corrected chi connectivity index (χ1v) is 11.2. The van der Waals surface area contributed by atoms with Crippen molar-refractivity contribution in [3.05, 3.63) is 64.6 Å². The molecule has 1 aliphatic carbocycles. The van der Waals surface area contributed by atoms with Crippen molar-refractivity contribution in [1.82, 2.24) is 20.2 Å². The molecule has 8 nitrogen and oxygen atoms in total. The Kier molecular flexibility index (Phi) is 5.43. The predicted octanol–water partition coefficient (Wildman–Crippen LogP) is 2.89. The van der Waals surface area contributed by atoms with Crippen molar-refractivity contribution >= 4 is 28.5 Å². The summed E-state index contributed by atoms with van der Waals surface area (Å²) in [7, 11) is 0. The van der Waals surface area contributed by atoms with Crippen LogP contribution in [0.1, 0.15) is 54.9 Å². The second-order valence-corrected chi connectivity index (χ2v) is 8.64. The summed E-state index contributed by atoms with van der Waals surface area (Å²) >= 11 is 0. The molecular weight excluding hydrogens is 406 g/mol. The molecule has 4 N–H and O–H groups in total. The lowest BCUT2D eigenvalue weighted by Crippen LogP contribution is -2.46. The Bertz CT molecular complexity index is 1210. The molecule has 1 aromatic heterocycles. The molecule has 8 heteroatoms. The molecule has 0 radical (unpaired) electrons. The number of carbonyl (C=O) groups excluding carboxylic acids is 2. The maximum Gasteiger partial charge on any atom is 0.326 e. The lowest BCUT2D eigenvalue weighted by atomic mass is 9.90. The Morgan fingerprint density at radius 1 is 0.969 bits per heavy atom. The Balaban J connectivity index is 1.12. The molecule has 166 valence electrons. The summed E-state index contributed by atoms with van der Waals surface area (Å²) in [6.45, 7) is 0. The monoisotopic (exact) mass is 433 g/mol. The van der Waals surface area contributed by atoms with Gasteiger partial charge in [-0.15, -0.1) is 0 Å². The molecule has 2 heterocycles. The number of benzene rings is 2. The van der Waals surface area contributed by atoms with Crippen LogP contribution in [0.3, 0.4) is 0 Å². The largest absolute Gasteiger partial charge is 0.365 e. The van der Waals surface area contributed by atoms with E-state index in [1.54, 1.807) is 6.07 Å². The van der Waals surface area contributed by atoms with Crippen LogP contribution in [-0.4, -0.2) is 33.6 Å². The number of nitrogens with one attached hydrogen (secondary N) is 4. The van der Waals surface area contributed by atoms with Crippen LogP contribution in [0.2, 0.25) is 0 Å². The number of hydrogen-bond donors (Lipinski definition) is 4. The smallest absolute Gasteiger partial charge is 0.326 e. The highest BCUT2D eigenvalue weighted by molar-refractivity contribution is 6.01. The minimum atomic E-state index is -0.257. The van der Waals surface area contributed by atoms with Gasteiger partial charge in [0.1, 0.15) is 0 Å². The van der Waals surface area contributed by atoms with Gasteiger partial charge in [0.25, 0.3) is 5.91 Å². The van der Waals surface area contributed by atoms with Crippen molar-refractivity contribution < 1.29 is 9.59 Å². The molecule has 3 aromatic rings. The maximum atomic E-state index is 12.5. The van der Waals surface area contributed by atoms with Crippen LogP contribution in [0.15, 0.2) is 53.3 Å². The van der Waals surface area contributed by atoms with Gasteiger partial charge < -0.3 is 20.9 Å². The molecule has 1 fully saturated rings. The topological polar surface area (TPSA) is 108 Å². The van der Waals surface area contributed by atoms with E-state index in [1.807, 2.05) is 47.0 Å². The molecule has 2 aromatic carbocycles. The van der Waals surface area contributed by atoms with Crippen LogP contribution >= 0.6 is 0 Å². The van der Waals surface area contributed by atoms with E-state index in [-0.39, 0.29) is 35.8 Å². The first-order chi connectivity index (χ1) is 15.6. The van der Waals surface area contributed by atoms with E-state index in [9.17, 15) is 14.4 Å². The average Bonchev–Trinajstić information content (AvgIpc) is 3.14. The average molecular weight is 434 g/mol. The van der Waals surface area contributed by atoms with Gasteiger partial charge in [-0.05, 0) is 56.4 Å². The Morgan fingerprint density at radius 2 is 1.72 bits per heavy atom. The zero-order chi connectivity index (χ0) is 22.1. The number of aromatic nitrogens is 2. The van der Waals surface area contributed by atoms with Crippen LogP contribution in [-0.2, 0) is 4.79 Å². The first kappa shape index (κ1) is 20.4. The van der Waals surface area contributed by atoms with Gasteiger partial charge in [-0.2, -0.15) is 0 Å². The third-order valence-electron chi connectivity index (χ3n) is 6.52. The zero-order valence-electron chi connectivity index (χ0n) is 17.8. The Labute approximate surface area is 185 Å². The molecule has 2 aliphatic rings. The van der Waals surface area contributed by atoms with E-state index in [0.717, 1.165) is 42.4 Å². The lowest BCUT2D eigenvalue weighted by Gasteiger charge is -2.30. The van der Waals surface area contributed by atoms with Crippen LogP contribution in [0.4, 0.5) is 5.69 Å². The normalized spacial score (nSPS) is 22.6. The maximum absolute atomic E-state index is 12.5. The number of fused-ring (bicyclic) bond motifs is 2. The molecule has 1 aliphatic heterocycles. The van der Waals surface area contributed by atoms with E-state index < -0.39 is 0 Å². The van der Waals surface area contributed by atoms with E-state index in [2.05, 4.69) is 20.9 Å². The number of anilines is 1. The first-order valence-electron chi connectivity index (χ1n) is 11.2. The molecule has 1 unspecified atom stereocenters. The third-order valence-corrected chi connectivity index (χ3v) is 6.52. The number of rotatable bonds is 5. The van der Waals surface area contributed by atoms with Crippen LogP contribution in [0, 0.1) is 0 Å². The molecule has 1 atom stereocenters. The van der Waals surface area contributed by atoms with Crippen molar-refractivity contribution in [2.24, 2.45) is 0 Å². The van der Waals surface area contributed by atoms with Crippen molar-refractivity contribution in [3.8, 4) is 0 Å². The minimum Gasteiger partial charge on any atom is -0.365 e. The molecule has 5 rings (SSSR count). The van der Waals surface area contributed by atoms with Gasteiger partial charge in [0.2, 0.25) is 5.91 Å². The number of para-hydroxylation sites is 3. The lowest BCUT2D eigenvalue weighted by molar-refractivity contribution is -0.122. The fourth-order valence-corrected chi connectivity index (χ4v) is 4.90. The van der Waals surface area contributed by atoms with Crippen molar-refractivity contribution in [1.29, 1.82) is 0 Å². The standard InChI is InChI=1S/C24H27N5O3/c30-22(14-13-21-26-18-6-2-1-5-17(18)23(31)28-21)25-15-9-11-16(12-10-15)29-20-8-4-3-7-19(20)27-24(29)32/h1-8,15-16,21,26H,9-14H2,(H,25,30)(H,27,32)(H,28,31)/t15-,16-,21?. The summed E-state index contributed by atoms with van der Waals surface area (Å²) in [4.78, 5) is 40.1. The summed E-state index contributed by atoms with van der Waals surface area (Å²) in [6.07, 6.45) is 3.98. The summed E-state index contributed by atoms with van der Waals surface area (Å²) in [5, 5.41) is 9.32. The minimum absolute atomic E-state index is 0.00683. The van der Waals surface area contributed by atoms with Gasteiger partial charge in [-0.3, -0.25) is 14.2 Å². The third kappa shape index (κ3) is 4.00. The summed E-state index contributed by atoms with van der Waals surface area (Å²) in [5.41, 5.74) is 3.15. The van der Waals surface area contributed by atoms with E-state index >= 15 is 0 Å². The highest BCUT2D eigenvalue weighted by atomic mass is 16.2. The zero-order valence-corrected chi connectivity index (χ0v) is 17.8. The van der Waals surface area contributed by atoms with Gasteiger partial charge in [0.05, 0.1) is 22.8 Å². The summed E-state index contributed by atoms with van der Waals surface area (Å²) in [6, 6.07) is 15.4. The molecule has 0 bridgehead atoms. The van der Waals surface area contributed by atoms with Crippen LogP contribution in [0.25, 0.3) is 11.0 Å². The fourth-order valence-electron chi connectivity index (χ4n) is 4.90. The van der Waals surface area contributed by atoms with Gasteiger partial charge in [-0.25, -0.2) is 4.79 Å². The van der Waals surface area contributed by atoms with Crippen molar-refractivity contribution in [2.45, 2.75) is 56.8 Å². The molecular formula is C24H27N5O3. The molecule has 0 spiro atoms. The van der Waals surface area contributed by atoms with Gasteiger partial charge in [0.15, 0.2) is 0 Å². The van der Waals surface area contributed by atoms with Gasteiger partial charge >= 0.3 is 5.69 Å². The Morgan fingerprint density at radius 3 is 2.56 bits per heavy atom. The SMILES string of the molecule is O=C(CCC1NC(=O)c2ccccc2N1)N[C@H]1CC[C@H](n2c(=O)[nH]c3ccccc32)CC1. The number of imidazole rings is 1. The second kappa shape index (κ2) is 8.53. The number of aromatic amines is 1. The summed E-state index contributed by atoms with van der Waals surface area (Å²) in [5.74, 6) is -0.122. The van der Waals surface area contributed by atoms with E-state index in [4.69, 9.17) is 0 Å². The molecule has 32 heavy (non-hydrogen) atoms. The van der Waals surface area contributed by atoms with Crippen molar-refractivity contribution in [3.63, 3.8) is 0 Å². The number of carbonyl (C=O) groups is 2. The number of hydrogen-bond acceptors (Lipinski definition) is 4.